The van der Waals surface area contributed by atoms with E-state index in [0.29, 0.717) is 14.7 Å². The van der Waals surface area contributed by atoms with Gasteiger partial charge in [-0.15, -0.1) is 11.3 Å². The van der Waals surface area contributed by atoms with Crippen molar-refractivity contribution in [1.29, 1.82) is 0 Å². The SMILES string of the molecule is Cc1nc(CNS(=O)(=O)c2cc(Cl)c(Br)s2)no1. The van der Waals surface area contributed by atoms with Gasteiger partial charge in [0.25, 0.3) is 10.0 Å². The fourth-order valence-electron chi connectivity index (χ4n) is 1.10. The van der Waals surface area contributed by atoms with Gasteiger partial charge < -0.3 is 4.52 Å². The normalized spacial score (nSPS) is 11.9. The molecule has 0 aliphatic rings. The highest BCUT2D eigenvalue weighted by Crippen LogP contribution is 2.34. The van der Waals surface area contributed by atoms with Crippen LogP contribution in [0.15, 0.2) is 18.6 Å². The van der Waals surface area contributed by atoms with Gasteiger partial charge in [0.2, 0.25) is 5.89 Å². The van der Waals surface area contributed by atoms with Crippen molar-refractivity contribution in [3.05, 3.63) is 26.6 Å². The first-order chi connectivity index (χ1) is 8.38. The summed E-state index contributed by atoms with van der Waals surface area (Å²) < 4.78 is 31.6. The van der Waals surface area contributed by atoms with Gasteiger partial charge in [-0.05, 0) is 22.0 Å². The van der Waals surface area contributed by atoms with E-state index in [1.165, 1.54) is 6.07 Å². The van der Waals surface area contributed by atoms with E-state index in [0.717, 1.165) is 11.3 Å². The second-order valence-corrected chi connectivity index (χ2v) is 8.01. The van der Waals surface area contributed by atoms with E-state index in [4.69, 9.17) is 16.1 Å². The molecular weight excluding hydrogens is 366 g/mol. The monoisotopic (exact) mass is 371 g/mol. The molecule has 10 heteroatoms. The van der Waals surface area contributed by atoms with Crippen LogP contribution in [0, 0.1) is 6.92 Å². The van der Waals surface area contributed by atoms with E-state index < -0.39 is 10.0 Å². The van der Waals surface area contributed by atoms with Gasteiger partial charge >= 0.3 is 0 Å². The summed E-state index contributed by atoms with van der Waals surface area (Å²) in [5.74, 6) is 0.656. The van der Waals surface area contributed by atoms with Crippen molar-refractivity contribution in [3.63, 3.8) is 0 Å². The molecule has 0 radical (unpaired) electrons. The van der Waals surface area contributed by atoms with Crippen molar-refractivity contribution in [2.75, 3.05) is 0 Å². The number of nitrogens with zero attached hydrogens (tertiary/aromatic N) is 2. The van der Waals surface area contributed by atoms with Crippen LogP contribution in [0.3, 0.4) is 0 Å². The molecule has 0 aliphatic heterocycles. The summed E-state index contributed by atoms with van der Waals surface area (Å²) in [6.07, 6.45) is 0. The Morgan fingerprint density at radius 1 is 1.61 bits per heavy atom. The predicted molar refractivity (Wildman–Crippen MR) is 70.1 cm³/mol. The van der Waals surface area contributed by atoms with Crippen molar-refractivity contribution < 1.29 is 12.9 Å². The summed E-state index contributed by atoms with van der Waals surface area (Å²) in [5.41, 5.74) is 0. The van der Waals surface area contributed by atoms with Crippen LogP contribution in [-0.4, -0.2) is 18.6 Å². The van der Waals surface area contributed by atoms with E-state index >= 15 is 0 Å². The zero-order valence-electron chi connectivity index (χ0n) is 8.98. The van der Waals surface area contributed by atoms with Crippen LogP contribution in [0.25, 0.3) is 0 Å². The number of hydrogen-bond acceptors (Lipinski definition) is 6. The van der Waals surface area contributed by atoms with E-state index in [-0.39, 0.29) is 16.6 Å². The molecule has 0 fully saturated rings. The second kappa shape index (κ2) is 5.25. The first kappa shape index (κ1) is 13.9. The number of halogens is 2. The molecule has 0 unspecified atom stereocenters. The van der Waals surface area contributed by atoms with E-state index in [9.17, 15) is 8.42 Å². The van der Waals surface area contributed by atoms with Crippen LogP contribution >= 0.6 is 38.9 Å². The van der Waals surface area contributed by atoms with Gasteiger partial charge in [-0.25, -0.2) is 13.1 Å². The summed E-state index contributed by atoms with van der Waals surface area (Å²) in [7, 11) is -3.62. The van der Waals surface area contributed by atoms with Crippen molar-refractivity contribution in [2.24, 2.45) is 0 Å². The Labute approximate surface area is 121 Å². The van der Waals surface area contributed by atoms with Gasteiger partial charge in [-0.1, -0.05) is 16.8 Å². The summed E-state index contributed by atoms with van der Waals surface area (Å²) in [6, 6.07) is 1.38. The number of nitrogens with one attached hydrogen (secondary N) is 1. The molecule has 0 spiro atoms. The van der Waals surface area contributed by atoms with Gasteiger partial charge in [0.1, 0.15) is 4.21 Å². The first-order valence-electron chi connectivity index (χ1n) is 4.62. The van der Waals surface area contributed by atoms with Crippen molar-refractivity contribution in [2.45, 2.75) is 17.7 Å². The number of aryl methyl sites for hydroxylation is 1. The topological polar surface area (TPSA) is 85.1 Å². The third kappa shape index (κ3) is 3.09. The maximum atomic E-state index is 11.9. The number of hydrogen-bond donors (Lipinski definition) is 1. The van der Waals surface area contributed by atoms with Crippen LogP contribution in [0.2, 0.25) is 5.02 Å². The van der Waals surface area contributed by atoms with Gasteiger partial charge in [0.15, 0.2) is 5.82 Å². The molecule has 0 saturated heterocycles. The molecule has 2 aromatic heterocycles. The number of sulfonamides is 1. The first-order valence-corrected chi connectivity index (χ1v) is 8.09. The van der Waals surface area contributed by atoms with Crippen LogP contribution < -0.4 is 4.72 Å². The molecule has 0 amide bonds. The summed E-state index contributed by atoms with van der Waals surface area (Å²) in [5, 5.41) is 3.95. The van der Waals surface area contributed by atoms with Gasteiger partial charge in [-0.3, -0.25) is 0 Å². The van der Waals surface area contributed by atoms with Crippen LogP contribution in [0.5, 0.6) is 0 Å². The molecule has 0 atom stereocenters. The minimum Gasteiger partial charge on any atom is -0.340 e. The van der Waals surface area contributed by atoms with Crippen LogP contribution in [0.4, 0.5) is 0 Å². The van der Waals surface area contributed by atoms with Gasteiger partial charge in [0, 0.05) is 6.92 Å². The molecular formula is C8H7BrClN3O3S2. The van der Waals surface area contributed by atoms with Crippen LogP contribution in [0.1, 0.15) is 11.7 Å². The standard InChI is InChI=1S/C8H7BrClN3O3S2/c1-4-12-6(13-16-4)3-11-18(14,15)7-2-5(10)8(9)17-7/h2,11H,3H2,1H3. The lowest BCUT2D eigenvalue weighted by Gasteiger charge is -2.00. The third-order valence-electron chi connectivity index (χ3n) is 1.88. The molecule has 18 heavy (non-hydrogen) atoms. The third-order valence-corrected chi connectivity index (χ3v) is 6.23. The van der Waals surface area contributed by atoms with Crippen molar-refractivity contribution in [1.82, 2.24) is 14.9 Å². The lowest BCUT2D eigenvalue weighted by atomic mass is 10.6. The summed E-state index contributed by atoms with van der Waals surface area (Å²) in [6.45, 7) is 1.59. The molecule has 2 heterocycles. The fraction of sp³-hybridized carbons (Fsp3) is 0.250. The highest BCUT2D eigenvalue weighted by molar-refractivity contribution is 9.11. The van der Waals surface area contributed by atoms with E-state index in [2.05, 4.69) is 30.8 Å². The Morgan fingerprint density at radius 3 is 2.83 bits per heavy atom. The highest BCUT2D eigenvalue weighted by atomic mass is 79.9. The Balaban J connectivity index is 2.12. The molecule has 1 N–H and O–H groups in total. The lowest BCUT2D eigenvalue weighted by Crippen LogP contribution is -2.23. The zero-order valence-corrected chi connectivity index (χ0v) is 13.0. The van der Waals surface area contributed by atoms with Gasteiger partial charge in [0.05, 0.1) is 15.4 Å². The molecule has 2 aromatic rings. The molecule has 0 aliphatic carbocycles. The highest BCUT2D eigenvalue weighted by Gasteiger charge is 2.19. The lowest BCUT2D eigenvalue weighted by molar-refractivity contribution is 0.387. The van der Waals surface area contributed by atoms with Crippen molar-refractivity contribution in [3.8, 4) is 0 Å². The van der Waals surface area contributed by atoms with E-state index in [1.54, 1.807) is 6.92 Å². The summed E-state index contributed by atoms with van der Waals surface area (Å²) >= 11 is 9.98. The maximum absolute atomic E-state index is 11.9. The fourth-order valence-corrected chi connectivity index (χ4v) is 4.53. The van der Waals surface area contributed by atoms with Crippen molar-refractivity contribution >= 4 is 48.9 Å². The molecule has 0 saturated carbocycles. The Bertz CT molecular complexity index is 647. The second-order valence-electron chi connectivity index (χ2n) is 3.24. The number of aromatic nitrogens is 2. The molecule has 0 bridgehead atoms. The minimum absolute atomic E-state index is 0.0349. The smallest absolute Gasteiger partial charge is 0.250 e. The molecule has 2 rings (SSSR count). The van der Waals surface area contributed by atoms with Gasteiger partial charge in [-0.2, -0.15) is 4.98 Å². The largest absolute Gasteiger partial charge is 0.340 e. The molecule has 0 aromatic carbocycles. The summed E-state index contributed by atoms with van der Waals surface area (Å²) in [4.78, 5) is 3.89. The predicted octanol–water partition coefficient (Wildman–Crippen LogP) is 2.33. The molecule has 98 valence electrons. The average Bonchev–Trinajstić information content (AvgIpc) is 2.84. The Kier molecular flexibility index (Phi) is 4.07. The Hall–Kier alpha value is -0.480. The zero-order chi connectivity index (χ0) is 13.3. The molecule has 6 nitrogen and oxygen atoms in total. The number of rotatable bonds is 4. The Morgan fingerprint density at radius 2 is 2.33 bits per heavy atom. The van der Waals surface area contributed by atoms with Crippen LogP contribution in [-0.2, 0) is 16.6 Å². The number of thiophene rings is 1. The quantitative estimate of drug-likeness (QED) is 0.890. The maximum Gasteiger partial charge on any atom is 0.250 e. The minimum atomic E-state index is -3.62. The van der Waals surface area contributed by atoms with E-state index in [1.807, 2.05) is 0 Å². The average molecular weight is 373 g/mol.